The van der Waals surface area contributed by atoms with E-state index in [-0.39, 0.29) is 12.4 Å². The van der Waals surface area contributed by atoms with Crippen LogP contribution < -0.4 is 19.5 Å². The Labute approximate surface area is 152 Å². The summed E-state index contributed by atoms with van der Waals surface area (Å²) in [5.74, 6) is 1.15. The van der Waals surface area contributed by atoms with Gasteiger partial charge in [0.15, 0.2) is 11.5 Å². The first kappa shape index (κ1) is 16.9. The first-order valence-corrected chi connectivity index (χ1v) is 8.07. The van der Waals surface area contributed by atoms with Crippen molar-refractivity contribution in [3.8, 4) is 23.3 Å². The fraction of sp³-hybridized carbons (Fsp3) is 0.111. The van der Waals surface area contributed by atoms with Crippen LogP contribution in [0.2, 0.25) is 0 Å². The van der Waals surface area contributed by atoms with E-state index in [0.717, 1.165) is 0 Å². The first-order valence-electron chi connectivity index (χ1n) is 7.27. The van der Waals surface area contributed by atoms with Crippen LogP contribution >= 0.6 is 15.9 Å². The summed E-state index contributed by atoms with van der Waals surface area (Å²) in [4.78, 5) is 12.4. The third-order valence-corrected chi connectivity index (χ3v) is 4.07. The van der Waals surface area contributed by atoms with Gasteiger partial charge in [-0.1, -0.05) is 12.1 Å². The smallest absolute Gasteiger partial charge is 0.266 e. The van der Waals surface area contributed by atoms with Crippen molar-refractivity contribution in [3.05, 3.63) is 52.0 Å². The lowest BCUT2D eigenvalue weighted by Crippen LogP contribution is -2.14. The number of methoxy groups -OCH3 is 1. The molecule has 126 valence electrons. The van der Waals surface area contributed by atoms with Gasteiger partial charge in [0.05, 0.1) is 17.3 Å². The highest BCUT2D eigenvalue weighted by molar-refractivity contribution is 9.10. The molecular formula is C18H13BrN2O4. The summed E-state index contributed by atoms with van der Waals surface area (Å²) in [5, 5.41) is 12.0. The molecule has 2 aromatic rings. The number of carbonyl (C=O) groups is 1. The standard InChI is InChI=1S/C18H13BrN2O4/c1-23-15-5-3-2-4-14(15)21-18(22)12(9-20)6-11-7-13(19)17-16(8-11)24-10-25-17/h2-8H,10H2,1H3,(H,21,22). The number of nitriles is 1. The maximum absolute atomic E-state index is 12.4. The number of para-hydroxylation sites is 2. The molecule has 1 N–H and O–H groups in total. The number of nitrogens with zero attached hydrogens (tertiary/aromatic N) is 1. The van der Waals surface area contributed by atoms with Crippen LogP contribution in [0.25, 0.3) is 6.08 Å². The van der Waals surface area contributed by atoms with Gasteiger partial charge in [0.2, 0.25) is 6.79 Å². The quantitative estimate of drug-likeness (QED) is 0.624. The summed E-state index contributed by atoms with van der Waals surface area (Å²) in [6, 6.07) is 12.4. The van der Waals surface area contributed by atoms with Gasteiger partial charge in [-0.2, -0.15) is 5.26 Å². The second kappa shape index (κ2) is 7.28. The summed E-state index contributed by atoms with van der Waals surface area (Å²) in [6.45, 7) is 0.139. The minimum atomic E-state index is -0.527. The summed E-state index contributed by atoms with van der Waals surface area (Å²) in [7, 11) is 1.51. The summed E-state index contributed by atoms with van der Waals surface area (Å²) in [5.41, 5.74) is 1.09. The largest absolute Gasteiger partial charge is 0.495 e. The molecule has 1 aliphatic rings. The highest BCUT2D eigenvalue weighted by atomic mass is 79.9. The van der Waals surface area contributed by atoms with Crippen LogP contribution in [0.4, 0.5) is 5.69 Å². The van der Waals surface area contributed by atoms with Gasteiger partial charge in [0.1, 0.15) is 17.4 Å². The van der Waals surface area contributed by atoms with E-state index in [0.29, 0.717) is 33.0 Å². The SMILES string of the molecule is COc1ccccc1NC(=O)C(C#N)=Cc1cc(Br)c2c(c1)OCO2. The summed E-state index contributed by atoms with van der Waals surface area (Å²) in [6.07, 6.45) is 1.48. The molecule has 1 heterocycles. The molecular weight excluding hydrogens is 388 g/mol. The number of amides is 1. The first-order chi connectivity index (χ1) is 12.1. The van der Waals surface area contributed by atoms with Gasteiger partial charge in [-0.05, 0) is 51.8 Å². The molecule has 2 aromatic carbocycles. The molecule has 6 nitrogen and oxygen atoms in total. The van der Waals surface area contributed by atoms with Crippen molar-refractivity contribution >= 4 is 33.6 Å². The second-order valence-electron chi connectivity index (χ2n) is 5.06. The maximum Gasteiger partial charge on any atom is 0.266 e. The van der Waals surface area contributed by atoms with Gasteiger partial charge < -0.3 is 19.5 Å². The van der Waals surface area contributed by atoms with E-state index in [1.54, 1.807) is 36.4 Å². The molecule has 0 saturated heterocycles. The predicted octanol–water partition coefficient (Wildman–Crippen LogP) is 3.73. The Hall–Kier alpha value is -2.98. The Morgan fingerprint density at radius 3 is 2.92 bits per heavy atom. The third kappa shape index (κ3) is 3.59. The van der Waals surface area contributed by atoms with Crippen molar-refractivity contribution in [2.24, 2.45) is 0 Å². The number of fused-ring (bicyclic) bond motifs is 1. The van der Waals surface area contributed by atoms with Crippen LogP contribution in [-0.2, 0) is 4.79 Å². The minimum absolute atomic E-state index is 0.0447. The van der Waals surface area contributed by atoms with E-state index in [1.807, 2.05) is 6.07 Å². The molecule has 1 amide bonds. The normalized spacial score (nSPS) is 12.4. The highest BCUT2D eigenvalue weighted by Crippen LogP contribution is 2.40. The monoisotopic (exact) mass is 400 g/mol. The van der Waals surface area contributed by atoms with E-state index in [1.165, 1.54) is 13.2 Å². The number of carbonyl (C=O) groups excluding carboxylic acids is 1. The topological polar surface area (TPSA) is 80.6 Å². The lowest BCUT2D eigenvalue weighted by Gasteiger charge is -2.09. The molecule has 3 rings (SSSR count). The molecule has 0 bridgehead atoms. The second-order valence-corrected chi connectivity index (χ2v) is 5.92. The minimum Gasteiger partial charge on any atom is -0.495 e. The molecule has 0 unspecified atom stereocenters. The number of ether oxygens (including phenoxy) is 3. The zero-order valence-corrected chi connectivity index (χ0v) is 14.8. The van der Waals surface area contributed by atoms with Crippen LogP contribution in [0.5, 0.6) is 17.2 Å². The van der Waals surface area contributed by atoms with Crippen molar-refractivity contribution in [1.29, 1.82) is 5.26 Å². The molecule has 0 aromatic heterocycles. The maximum atomic E-state index is 12.4. The van der Waals surface area contributed by atoms with Crippen molar-refractivity contribution < 1.29 is 19.0 Å². The van der Waals surface area contributed by atoms with E-state index in [4.69, 9.17) is 14.2 Å². The van der Waals surface area contributed by atoms with Crippen LogP contribution in [0.15, 0.2) is 46.4 Å². The van der Waals surface area contributed by atoms with Gasteiger partial charge in [-0.25, -0.2) is 0 Å². The Morgan fingerprint density at radius 1 is 1.36 bits per heavy atom. The number of benzene rings is 2. The van der Waals surface area contributed by atoms with E-state index in [9.17, 15) is 10.1 Å². The molecule has 25 heavy (non-hydrogen) atoms. The fourth-order valence-corrected chi connectivity index (χ4v) is 2.90. The molecule has 1 aliphatic heterocycles. The van der Waals surface area contributed by atoms with Crippen molar-refractivity contribution in [1.82, 2.24) is 0 Å². The number of hydrogen-bond acceptors (Lipinski definition) is 5. The Morgan fingerprint density at radius 2 is 2.16 bits per heavy atom. The number of nitrogens with one attached hydrogen (secondary N) is 1. The van der Waals surface area contributed by atoms with Crippen molar-refractivity contribution in [2.45, 2.75) is 0 Å². The summed E-state index contributed by atoms with van der Waals surface area (Å²) >= 11 is 3.39. The molecule has 0 atom stereocenters. The van der Waals surface area contributed by atoms with Gasteiger partial charge >= 0.3 is 0 Å². The van der Waals surface area contributed by atoms with E-state index < -0.39 is 5.91 Å². The number of rotatable bonds is 4. The molecule has 0 saturated carbocycles. The molecule has 0 spiro atoms. The lowest BCUT2D eigenvalue weighted by molar-refractivity contribution is -0.112. The van der Waals surface area contributed by atoms with Crippen LogP contribution in [0.1, 0.15) is 5.56 Å². The molecule has 7 heteroatoms. The number of halogens is 1. The van der Waals surface area contributed by atoms with E-state index >= 15 is 0 Å². The predicted molar refractivity (Wildman–Crippen MR) is 95.5 cm³/mol. The molecule has 0 radical (unpaired) electrons. The Balaban J connectivity index is 1.87. The van der Waals surface area contributed by atoms with Crippen LogP contribution in [0, 0.1) is 11.3 Å². The van der Waals surface area contributed by atoms with Crippen molar-refractivity contribution in [2.75, 3.05) is 19.2 Å². The fourth-order valence-electron chi connectivity index (χ4n) is 2.32. The number of anilines is 1. The number of hydrogen-bond donors (Lipinski definition) is 1. The Kier molecular flexibility index (Phi) is 4.91. The third-order valence-electron chi connectivity index (χ3n) is 3.48. The zero-order valence-electron chi connectivity index (χ0n) is 13.2. The van der Waals surface area contributed by atoms with Gasteiger partial charge in [-0.15, -0.1) is 0 Å². The van der Waals surface area contributed by atoms with Gasteiger partial charge in [-0.3, -0.25) is 4.79 Å². The average molecular weight is 401 g/mol. The van der Waals surface area contributed by atoms with Gasteiger partial charge in [0, 0.05) is 0 Å². The zero-order chi connectivity index (χ0) is 17.8. The lowest BCUT2D eigenvalue weighted by atomic mass is 10.1. The average Bonchev–Trinajstić information content (AvgIpc) is 3.09. The van der Waals surface area contributed by atoms with Gasteiger partial charge in [0.25, 0.3) is 5.91 Å². The van der Waals surface area contributed by atoms with Crippen molar-refractivity contribution in [3.63, 3.8) is 0 Å². The highest BCUT2D eigenvalue weighted by Gasteiger charge is 2.18. The molecule has 0 fully saturated rings. The van der Waals surface area contributed by atoms with Crippen LogP contribution in [0.3, 0.4) is 0 Å². The van der Waals surface area contributed by atoms with E-state index in [2.05, 4.69) is 21.2 Å². The van der Waals surface area contributed by atoms with Crippen LogP contribution in [-0.4, -0.2) is 19.8 Å². The molecule has 0 aliphatic carbocycles. The Bertz CT molecular complexity index is 902. The summed E-state index contributed by atoms with van der Waals surface area (Å²) < 4.78 is 16.5.